The number of carboxylic acid groups (broad SMARTS) is 1. The van der Waals surface area contributed by atoms with Crippen LogP contribution in [0.25, 0.3) is 22.4 Å². The Labute approximate surface area is 188 Å². The molecule has 1 aromatic heterocycles. The van der Waals surface area contributed by atoms with Crippen LogP contribution in [0.1, 0.15) is 10.5 Å². The average molecular weight is 430 g/mol. The minimum absolute atomic E-state index is 0. The van der Waals surface area contributed by atoms with Gasteiger partial charge >= 0.3 is 29.6 Å². The summed E-state index contributed by atoms with van der Waals surface area (Å²) in [7, 11) is 0. The number of aromatic carboxylic acids is 1. The van der Waals surface area contributed by atoms with Gasteiger partial charge in [0.2, 0.25) is 0 Å². The molecule has 0 unspecified atom stereocenters. The molecule has 0 amide bonds. The molecule has 0 saturated heterocycles. The zero-order valence-electron chi connectivity index (χ0n) is 14.6. The summed E-state index contributed by atoms with van der Waals surface area (Å²) < 4.78 is 6.55. The molecule has 2 aromatic carbocycles. The van der Waals surface area contributed by atoms with Gasteiger partial charge in [-0.2, -0.15) is 0 Å². The second-order valence-electron chi connectivity index (χ2n) is 5.37. The molecule has 0 radical (unpaired) electrons. The Morgan fingerprint density at radius 1 is 1.07 bits per heavy atom. The largest absolute Gasteiger partial charge is 1.00 e. The van der Waals surface area contributed by atoms with E-state index in [0.29, 0.717) is 11.4 Å². The number of carbonyl (C=O) groups is 1. The number of carbonyl (C=O) groups excluding carboxylic acids is 1. The van der Waals surface area contributed by atoms with E-state index < -0.39 is 5.97 Å². The van der Waals surface area contributed by atoms with Gasteiger partial charge in [-0.15, -0.1) is 6.42 Å². The number of aromatic nitrogens is 1. The van der Waals surface area contributed by atoms with E-state index in [4.69, 9.17) is 11.2 Å². The fourth-order valence-electron chi connectivity index (χ4n) is 2.60. The summed E-state index contributed by atoms with van der Waals surface area (Å²) in [5, 5.41) is 11.1. The molecule has 27 heavy (non-hydrogen) atoms. The molecular weight excluding hydrogens is 417 g/mol. The third-order valence-corrected chi connectivity index (χ3v) is 4.20. The Morgan fingerprint density at radius 3 is 2.52 bits per heavy atom. The van der Waals surface area contributed by atoms with Crippen molar-refractivity contribution >= 4 is 21.9 Å². The van der Waals surface area contributed by atoms with Crippen molar-refractivity contribution in [3.63, 3.8) is 0 Å². The number of benzene rings is 2. The van der Waals surface area contributed by atoms with Gasteiger partial charge in [0.05, 0.1) is 17.4 Å². The van der Waals surface area contributed by atoms with Gasteiger partial charge in [-0.3, -0.25) is 0 Å². The van der Waals surface area contributed by atoms with E-state index >= 15 is 0 Å². The summed E-state index contributed by atoms with van der Waals surface area (Å²) in [6.07, 6.45) is 5.31. The van der Waals surface area contributed by atoms with Gasteiger partial charge < -0.3 is 14.6 Å². The molecule has 4 nitrogen and oxygen atoms in total. The number of nitrogens with zero attached hydrogens (tertiary/aromatic N) is 1. The van der Waals surface area contributed by atoms with Gasteiger partial charge in [0, 0.05) is 15.6 Å². The van der Waals surface area contributed by atoms with Crippen LogP contribution in [0.2, 0.25) is 0 Å². The summed E-state index contributed by atoms with van der Waals surface area (Å²) in [6, 6.07) is 18.0. The third kappa shape index (κ3) is 5.00. The number of ether oxygens (including phenoxy) is 1. The minimum atomic E-state index is -1.31. The number of hydrogen-bond donors (Lipinski definition) is 0. The maximum atomic E-state index is 11.1. The number of hydrogen-bond acceptors (Lipinski definition) is 4. The Kier molecular flexibility index (Phi) is 7.64. The summed E-state index contributed by atoms with van der Waals surface area (Å²) in [5.41, 5.74) is 2.87. The molecule has 0 spiro atoms. The monoisotopic (exact) mass is 429 g/mol. The first-order valence-corrected chi connectivity index (χ1v) is 8.53. The van der Waals surface area contributed by atoms with Gasteiger partial charge in [0.25, 0.3) is 0 Å². The average Bonchev–Trinajstić information content (AvgIpc) is 2.67. The number of rotatable bonds is 5. The molecule has 0 N–H and O–H groups in total. The zero-order valence-corrected chi connectivity index (χ0v) is 18.2. The van der Waals surface area contributed by atoms with Crippen molar-refractivity contribution in [2.24, 2.45) is 0 Å². The van der Waals surface area contributed by atoms with Gasteiger partial charge in [-0.1, -0.05) is 52.2 Å². The Balaban J connectivity index is 0.00000261. The van der Waals surface area contributed by atoms with E-state index in [0.717, 1.165) is 21.2 Å². The van der Waals surface area contributed by atoms with E-state index in [1.54, 1.807) is 12.1 Å². The minimum Gasteiger partial charge on any atom is -0.543 e. The fourth-order valence-corrected chi connectivity index (χ4v) is 2.96. The van der Waals surface area contributed by atoms with Crippen molar-refractivity contribution in [2.45, 2.75) is 0 Å². The molecule has 1 heterocycles. The van der Waals surface area contributed by atoms with Gasteiger partial charge in [-0.05, 0) is 35.9 Å². The standard InChI is InChI=1S/C21H14BrNO3.Na/c1-2-12-26-20-11-10-14(22)13-17(20)15-6-3-4-7-16(15)18-8-5-9-19(23-18)21(24)25;/h1,3-11,13H,12H2,(H,24,25);/q;+1/p-1. The molecule has 0 aliphatic rings. The summed E-state index contributed by atoms with van der Waals surface area (Å²) in [6.45, 7) is 0.148. The molecule has 0 atom stereocenters. The number of carboxylic acids is 1. The Morgan fingerprint density at radius 2 is 1.81 bits per heavy atom. The first-order chi connectivity index (χ1) is 12.6. The Hall–Kier alpha value is -2.10. The van der Waals surface area contributed by atoms with Crippen LogP contribution in [0.3, 0.4) is 0 Å². The van der Waals surface area contributed by atoms with Gasteiger partial charge in [0.15, 0.2) is 0 Å². The fraction of sp³-hybridized carbons (Fsp3) is 0.0476. The summed E-state index contributed by atoms with van der Waals surface area (Å²) >= 11 is 3.48. The van der Waals surface area contributed by atoms with Gasteiger partial charge in [0.1, 0.15) is 12.4 Å². The van der Waals surface area contributed by atoms with Crippen molar-refractivity contribution in [3.05, 3.63) is 70.8 Å². The third-order valence-electron chi connectivity index (χ3n) is 3.70. The molecular formula is C21H13BrNNaO3. The van der Waals surface area contributed by atoms with Crippen molar-refractivity contribution < 1.29 is 44.2 Å². The maximum Gasteiger partial charge on any atom is 1.00 e. The number of halogens is 1. The van der Waals surface area contributed by atoms with E-state index in [9.17, 15) is 9.90 Å². The Bertz CT molecular complexity index is 1010. The van der Waals surface area contributed by atoms with E-state index in [1.807, 2.05) is 42.5 Å². The predicted molar refractivity (Wildman–Crippen MR) is 101 cm³/mol. The van der Waals surface area contributed by atoms with Crippen molar-refractivity contribution in [2.75, 3.05) is 6.61 Å². The van der Waals surface area contributed by atoms with Crippen LogP contribution in [-0.2, 0) is 0 Å². The first-order valence-electron chi connectivity index (χ1n) is 7.74. The predicted octanol–water partition coefficient (Wildman–Crippen LogP) is 0.558. The van der Waals surface area contributed by atoms with Crippen LogP contribution >= 0.6 is 15.9 Å². The van der Waals surface area contributed by atoms with Gasteiger partial charge in [-0.25, -0.2) is 4.98 Å². The summed E-state index contributed by atoms with van der Waals surface area (Å²) in [5.74, 6) is 1.78. The smallest absolute Gasteiger partial charge is 0.543 e. The molecule has 0 aliphatic heterocycles. The van der Waals surface area contributed by atoms with E-state index in [-0.39, 0.29) is 41.9 Å². The SMILES string of the molecule is C#CCOc1ccc(Br)cc1-c1ccccc1-c1cccc(C(=O)[O-])n1.[Na+]. The molecule has 0 bridgehead atoms. The molecule has 0 aliphatic carbocycles. The maximum absolute atomic E-state index is 11.1. The molecule has 3 aromatic rings. The van der Waals surface area contributed by atoms with Crippen LogP contribution in [0.15, 0.2) is 65.1 Å². The van der Waals surface area contributed by atoms with Crippen molar-refractivity contribution in [1.29, 1.82) is 0 Å². The molecule has 0 saturated carbocycles. The van der Waals surface area contributed by atoms with E-state index in [2.05, 4.69) is 26.8 Å². The van der Waals surface area contributed by atoms with Crippen LogP contribution in [-0.4, -0.2) is 17.6 Å². The van der Waals surface area contributed by atoms with Crippen LogP contribution < -0.4 is 39.4 Å². The topological polar surface area (TPSA) is 62.2 Å². The number of terminal acetylenes is 1. The first kappa shape index (κ1) is 21.2. The molecule has 0 fully saturated rings. The normalized spacial score (nSPS) is 9.78. The second-order valence-corrected chi connectivity index (χ2v) is 6.29. The van der Waals surface area contributed by atoms with Crippen molar-refractivity contribution in [1.82, 2.24) is 4.98 Å². The quantitative estimate of drug-likeness (QED) is 0.439. The number of pyridine rings is 1. The van der Waals surface area contributed by atoms with Crippen molar-refractivity contribution in [3.8, 4) is 40.5 Å². The van der Waals surface area contributed by atoms with Crippen LogP contribution in [0, 0.1) is 12.3 Å². The van der Waals surface area contributed by atoms with Crippen LogP contribution in [0.4, 0.5) is 0 Å². The second kappa shape index (κ2) is 9.72. The van der Waals surface area contributed by atoms with E-state index in [1.165, 1.54) is 6.07 Å². The summed E-state index contributed by atoms with van der Waals surface area (Å²) in [4.78, 5) is 15.3. The molecule has 3 rings (SSSR count). The zero-order chi connectivity index (χ0) is 18.5. The van der Waals surface area contributed by atoms with Crippen LogP contribution in [0.5, 0.6) is 5.75 Å². The molecule has 128 valence electrons. The molecule has 6 heteroatoms.